The standard InChI is InChI=1S/C18H17N5S/c24-18(19-11-15-7-3-1-4-8-15)22-20-12-16-13-21-23(14-16)17-9-5-2-6-10-17/h1-10,12-14H,11H2,(H2,19,22,24)/b20-12-. The quantitative estimate of drug-likeness (QED) is 0.428. The molecule has 6 heteroatoms. The van der Waals surface area contributed by atoms with Crippen molar-refractivity contribution in [3.63, 3.8) is 0 Å². The lowest BCUT2D eigenvalue weighted by Gasteiger charge is -2.06. The third kappa shape index (κ3) is 4.50. The summed E-state index contributed by atoms with van der Waals surface area (Å²) < 4.78 is 1.80. The average molecular weight is 335 g/mol. The van der Waals surface area contributed by atoms with E-state index in [-0.39, 0.29) is 0 Å². The van der Waals surface area contributed by atoms with Gasteiger partial charge in [-0.15, -0.1) is 0 Å². The second-order valence-corrected chi connectivity index (χ2v) is 5.50. The lowest BCUT2D eigenvalue weighted by Crippen LogP contribution is -2.31. The fourth-order valence-electron chi connectivity index (χ4n) is 2.11. The third-order valence-electron chi connectivity index (χ3n) is 3.30. The Morgan fingerprint density at radius 3 is 2.54 bits per heavy atom. The van der Waals surface area contributed by atoms with Crippen LogP contribution in [0, 0.1) is 0 Å². The Balaban J connectivity index is 1.49. The van der Waals surface area contributed by atoms with Gasteiger partial charge in [-0.1, -0.05) is 48.5 Å². The molecule has 0 saturated carbocycles. The van der Waals surface area contributed by atoms with Gasteiger partial charge in [0.25, 0.3) is 0 Å². The number of rotatable bonds is 5. The summed E-state index contributed by atoms with van der Waals surface area (Å²) in [4.78, 5) is 0. The number of hydrogen-bond acceptors (Lipinski definition) is 3. The molecule has 24 heavy (non-hydrogen) atoms. The van der Waals surface area contributed by atoms with Crippen LogP contribution in [0.1, 0.15) is 11.1 Å². The molecule has 3 rings (SSSR count). The normalized spacial score (nSPS) is 10.7. The van der Waals surface area contributed by atoms with Crippen LogP contribution in [0.25, 0.3) is 5.69 Å². The topological polar surface area (TPSA) is 54.2 Å². The van der Waals surface area contributed by atoms with Crippen LogP contribution < -0.4 is 10.7 Å². The van der Waals surface area contributed by atoms with E-state index in [9.17, 15) is 0 Å². The Hall–Kier alpha value is -2.99. The van der Waals surface area contributed by atoms with E-state index in [0.29, 0.717) is 11.7 Å². The highest BCUT2D eigenvalue weighted by Gasteiger charge is 1.98. The summed E-state index contributed by atoms with van der Waals surface area (Å²) >= 11 is 5.19. The van der Waals surface area contributed by atoms with Gasteiger partial charge in [-0.3, -0.25) is 5.43 Å². The zero-order valence-corrected chi connectivity index (χ0v) is 13.8. The minimum Gasteiger partial charge on any atom is -0.357 e. The van der Waals surface area contributed by atoms with Crippen LogP contribution in [0.15, 0.2) is 78.2 Å². The van der Waals surface area contributed by atoms with Crippen LogP contribution in [-0.4, -0.2) is 21.1 Å². The molecule has 1 heterocycles. The first-order chi connectivity index (χ1) is 11.8. The highest BCUT2D eigenvalue weighted by atomic mass is 32.1. The maximum Gasteiger partial charge on any atom is 0.187 e. The van der Waals surface area contributed by atoms with Gasteiger partial charge in [0, 0.05) is 18.3 Å². The minimum atomic E-state index is 0.477. The van der Waals surface area contributed by atoms with Crippen molar-refractivity contribution < 1.29 is 0 Å². The maximum absolute atomic E-state index is 5.19. The zero-order chi connectivity index (χ0) is 16.6. The summed E-state index contributed by atoms with van der Waals surface area (Å²) in [5, 5.41) is 12.0. The molecular weight excluding hydrogens is 318 g/mol. The van der Waals surface area contributed by atoms with Crippen LogP contribution in [0.3, 0.4) is 0 Å². The molecule has 0 aliphatic carbocycles. The largest absolute Gasteiger partial charge is 0.357 e. The van der Waals surface area contributed by atoms with Crippen molar-refractivity contribution in [2.45, 2.75) is 6.54 Å². The van der Waals surface area contributed by atoms with Gasteiger partial charge in [-0.2, -0.15) is 10.2 Å². The van der Waals surface area contributed by atoms with E-state index >= 15 is 0 Å². The van der Waals surface area contributed by atoms with Crippen LogP contribution in [0.5, 0.6) is 0 Å². The van der Waals surface area contributed by atoms with Gasteiger partial charge in [-0.25, -0.2) is 4.68 Å². The van der Waals surface area contributed by atoms with Gasteiger partial charge in [0.1, 0.15) is 0 Å². The van der Waals surface area contributed by atoms with Crippen LogP contribution in [-0.2, 0) is 6.54 Å². The van der Waals surface area contributed by atoms with E-state index in [2.05, 4.69) is 20.9 Å². The van der Waals surface area contributed by atoms with Gasteiger partial charge < -0.3 is 5.32 Å². The SMILES string of the molecule is S=C(NCc1ccccc1)N/N=C\c1cnn(-c2ccccc2)c1. The molecular formula is C18H17N5S. The highest BCUT2D eigenvalue weighted by molar-refractivity contribution is 7.80. The summed E-state index contributed by atoms with van der Waals surface area (Å²) in [5.41, 5.74) is 5.86. The molecule has 0 amide bonds. The molecule has 0 unspecified atom stereocenters. The van der Waals surface area contributed by atoms with Gasteiger partial charge >= 0.3 is 0 Å². The Bertz CT molecular complexity index is 812. The van der Waals surface area contributed by atoms with Crippen LogP contribution >= 0.6 is 12.2 Å². The maximum atomic E-state index is 5.19. The van der Waals surface area contributed by atoms with Crippen LogP contribution in [0.4, 0.5) is 0 Å². The molecule has 120 valence electrons. The van der Waals surface area contributed by atoms with E-state index in [1.165, 1.54) is 0 Å². The van der Waals surface area contributed by atoms with Crippen molar-refractivity contribution in [3.05, 3.63) is 84.2 Å². The van der Waals surface area contributed by atoms with Crippen molar-refractivity contribution in [3.8, 4) is 5.69 Å². The average Bonchev–Trinajstić information content (AvgIpc) is 3.11. The lowest BCUT2D eigenvalue weighted by molar-refractivity contribution is 0.869. The molecule has 0 fully saturated rings. The smallest absolute Gasteiger partial charge is 0.187 e. The number of hydrazone groups is 1. The van der Waals surface area contributed by atoms with Crippen molar-refractivity contribution in [2.24, 2.45) is 5.10 Å². The number of nitrogens with one attached hydrogen (secondary N) is 2. The van der Waals surface area contributed by atoms with E-state index in [0.717, 1.165) is 16.8 Å². The molecule has 0 saturated heterocycles. The fraction of sp³-hybridized carbons (Fsp3) is 0.0556. The lowest BCUT2D eigenvalue weighted by atomic mass is 10.2. The monoisotopic (exact) mass is 335 g/mol. The van der Waals surface area contributed by atoms with Crippen molar-refractivity contribution >= 4 is 23.5 Å². The second-order valence-electron chi connectivity index (χ2n) is 5.09. The van der Waals surface area contributed by atoms with Crippen molar-refractivity contribution in [1.82, 2.24) is 20.5 Å². The molecule has 2 aromatic carbocycles. The summed E-state index contributed by atoms with van der Waals surface area (Å²) in [6.07, 6.45) is 5.34. The molecule has 3 aromatic rings. The molecule has 0 radical (unpaired) electrons. The van der Waals surface area contributed by atoms with Gasteiger partial charge in [0.05, 0.1) is 18.1 Å². The van der Waals surface area contributed by atoms with E-state index in [1.807, 2.05) is 66.9 Å². The third-order valence-corrected chi connectivity index (χ3v) is 3.53. The Morgan fingerprint density at radius 2 is 1.79 bits per heavy atom. The predicted octanol–water partition coefficient (Wildman–Crippen LogP) is 2.87. The molecule has 0 spiro atoms. The van der Waals surface area contributed by atoms with Gasteiger partial charge in [-0.05, 0) is 29.9 Å². The summed E-state index contributed by atoms with van der Waals surface area (Å²) in [5.74, 6) is 0. The molecule has 0 aliphatic heterocycles. The number of aromatic nitrogens is 2. The van der Waals surface area contributed by atoms with E-state index in [4.69, 9.17) is 12.2 Å². The van der Waals surface area contributed by atoms with Crippen LogP contribution in [0.2, 0.25) is 0 Å². The second kappa shape index (κ2) is 8.03. The number of para-hydroxylation sites is 1. The molecule has 0 aliphatic rings. The molecule has 5 nitrogen and oxygen atoms in total. The molecule has 0 atom stereocenters. The minimum absolute atomic E-state index is 0.477. The summed E-state index contributed by atoms with van der Waals surface area (Å²) in [7, 11) is 0. The molecule has 1 aromatic heterocycles. The van der Waals surface area contributed by atoms with E-state index in [1.54, 1.807) is 17.1 Å². The van der Waals surface area contributed by atoms with Crippen molar-refractivity contribution in [2.75, 3.05) is 0 Å². The number of thiocarbonyl (C=S) groups is 1. The number of benzene rings is 2. The van der Waals surface area contributed by atoms with Gasteiger partial charge in [0.15, 0.2) is 5.11 Å². The Labute approximate surface area is 146 Å². The fourth-order valence-corrected chi connectivity index (χ4v) is 2.23. The molecule has 2 N–H and O–H groups in total. The highest BCUT2D eigenvalue weighted by Crippen LogP contribution is 2.06. The van der Waals surface area contributed by atoms with E-state index < -0.39 is 0 Å². The van der Waals surface area contributed by atoms with Crippen molar-refractivity contribution in [1.29, 1.82) is 0 Å². The summed E-state index contributed by atoms with van der Waals surface area (Å²) in [6.45, 7) is 0.661. The Morgan fingerprint density at radius 1 is 1.08 bits per heavy atom. The molecule has 0 bridgehead atoms. The Kier molecular flexibility index (Phi) is 5.32. The number of hydrogen-bond donors (Lipinski definition) is 2. The number of nitrogens with zero attached hydrogens (tertiary/aromatic N) is 3. The summed E-state index contributed by atoms with van der Waals surface area (Å²) in [6, 6.07) is 20.0. The zero-order valence-electron chi connectivity index (χ0n) is 13.0. The first kappa shape index (κ1) is 15.9. The predicted molar refractivity (Wildman–Crippen MR) is 100 cm³/mol. The van der Waals surface area contributed by atoms with Gasteiger partial charge in [0.2, 0.25) is 0 Å². The first-order valence-electron chi connectivity index (χ1n) is 7.52. The first-order valence-corrected chi connectivity index (χ1v) is 7.93.